The van der Waals surface area contributed by atoms with E-state index in [4.69, 9.17) is 32.7 Å². The van der Waals surface area contributed by atoms with E-state index in [-0.39, 0.29) is 5.02 Å². The fourth-order valence-electron chi connectivity index (χ4n) is 1.84. The van der Waals surface area contributed by atoms with Crippen LogP contribution < -0.4 is 14.8 Å². The van der Waals surface area contributed by atoms with Crippen LogP contribution in [0.3, 0.4) is 0 Å². The van der Waals surface area contributed by atoms with E-state index in [1.807, 2.05) is 0 Å². The topological polar surface area (TPSA) is 30.5 Å². The highest BCUT2D eigenvalue weighted by Gasteiger charge is 2.10. The highest BCUT2D eigenvalue weighted by atomic mass is 35.5. The minimum absolute atomic E-state index is 0.0905. The van der Waals surface area contributed by atoms with Gasteiger partial charge in [-0.1, -0.05) is 29.3 Å². The van der Waals surface area contributed by atoms with Gasteiger partial charge in [0.1, 0.15) is 5.82 Å². The summed E-state index contributed by atoms with van der Waals surface area (Å²) in [6, 6.07) is 7.96. The van der Waals surface area contributed by atoms with Gasteiger partial charge in [-0.25, -0.2) is 4.39 Å². The average Bonchev–Trinajstić information content (AvgIpc) is 2.49. The smallest absolute Gasteiger partial charge is 0.162 e. The van der Waals surface area contributed by atoms with E-state index in [9.17, 15) is 4.39 Å². The van der Waals surface area contributed by atoms with Gasteiger partial charge in [-0.05, 0) is 17.7 Å². The van der Waals surface area contributed by atoms with Crippen molar-refractivity contribution in [2.45, 2.75) is 6.54 Å². The summed E-state index contributed by atoms with van der Waals surface area (Å²) in [4.78, 5) is 0. The number of hydrogen-bond donors (Lipinski definition) is 1. The summed E-state index contributed by atoms with van der Waals surface area (Å²) in [6.07, 6.45) is 0. The van der Waals surface area contributed by atoms with Crippen LogP contribution >= 0.6 is 23.2 Å². The van der Waals surface area contributed by atoms with Gasteiger partial charge in [0, 0.05) is 18.7 Å². The van der Waals surface area contributed by atoms with Crippen LogP contribution in [0.2, 0.25) is 10.0 Å². The molecule has 2 aromatic rings. The molecular formula is C15H14Cl2FNO2. The van der Waals surface area contributed by atoms with Crippen molar-refractivity contribution in [3.8, 4) is 11.5 Å². The lowest BCUT2D eigenvalue weighted by Gasteiger charge is -2.13. The Hall–Kier alpha value is -1.65. The Labute approximate surface area is 132 Å². The molecule has 0 bridgehead atoms. The Morgan fingerprint density at radius 3 is 2.29 bits per heavy atom. The molecule has 0 amide bonds. The monoisotopic (exact) mass is 329 g/mol. The minimum Gasteiger partial charge on any atom is -0.493 e. The molecule has 0 fully saturated rings. The van der Waals surface area contributed by atoms with Crippen LogP contribution in [-0.4, -0.2) is 14.2 Å². The summed E-state index contributed by atoms with van der Waals surface area (Å²) < 4.78 is 23.5. The molecule has 2 aromatic carbocycles. The third kappa shape index (κ3) is 3.71. The largest absolute Gasteiger partial charge is 0.493 e. The Balaban J connectivity index is 2.17. The summed E-state index contributed by atoms with van der Waals surface area (Å²) >= 11 is 11.9. The zero-order valence-electron chi connectivity index (χ0n) is 11.5. The quantitative estimate of drug-likeness (QED) is 0.857. The van der Waals surface area contributed by atoms with Crippen molar-refractivity contribution < 1.29 is 13.9 Å². The van der Waals surface area contributed by atoms with Gasteiger partial charge in [0.25, 0.3) is 0 Å². The molecule has 3 nitrogen and oxygen atoms in total. The third-order valence-electron chi connectivity index (χ3n) is 2.94. The van der Waals surface area contributed by atoms with E-state index in [1.54, 1.807) is 38.5 Å². The molecule has 0 spiro atoms. The summed E-state index contributed by atoms with van der Waals surface area (Å²) in [5.74, 6) is 0.684. The Morgan fingerprint density at radius 1 is 1.00 bits per heavy atom. The number of nitrogens with one attached hydrogen (secondary N) is 1. The number of hydrogen-bond acceptors (Lipinski definition) is 3. The molecule has 1 N–H and O–H groups in total. The first-order valence-electron chi connectivity index (χ1n) is 6.14. The first kappa shape index (κ1) is 15.7. The van der Waals surface area contributed by atoms with Gasteiger partial charge in [0.05, 0.1) is 30.0 Å². The molecule has 2 rings (SSSR count). The van der Waals surface area contributed by atoms with Crippen molar-refractivity contribution in [3.05, 3.63) is 51.8 Å². The predicted octanol–water partition coefficient (Wildman–Crippen LogP) is 4.76. The maximum absolute atomic E-state index is 13.1. The van der Waals surface area contributed by atoms with Crippen LogP contribution in [0.1, 0.15) is 5.56 Å². The summed E-state index contributed by atoms with van der Waals surface area (Å²) in [7, 11) is 3.09. The van der Waals surface area contributed by atoms with Gasteiger partial charge in [-0.15, -0.1) is 0 Å². The fourth-order valence-corrected chi connectivity index (χ4v) is 2.26. The molecule has 0 aliphatic heterocycles. The van der Waals surface area contributed by atoms with Crippen LogP contribution in [0.4, 0.5) is 10.1 Å². The Bertz CT molecular complexity index is 650. The lowest BCUT2D eigenvalue weighted by molar-refractivity contribution is 0.355. The van der Waals surface area contributed by atoms with Crippen molar-refractivity contribution in [1.82, 2.24) is 0 Å². The molecule has 21 heavy (non-hydrogen) atoms. The molecule has 0 atom stereocenters. The molecule has 112 valence electrons. The zero-order valence-corrected chi connectivity index (χ0v) is 13.1. The van der Waals surface area contributed by atoms with E-state index in [0.717, 1.165) is 5.56 Å². The Kier molecular flexibility index (Phi) is 5.15. The van der Waals surface area contributed by atoms with Crippen molar-refractivity contribution >= 4 is 28.9 Å². The standard InChI is InChI=1S/C15H14Cl2FNO2/c1-20-14-6-11(17)13(7-15(14)21-2)19-8-9-3-4-12(18)10(16)5-9/h3-7,19H,8H2,1-2H3. The van der Waals surface area contributed by atoms with Crippen LogP contribution in [0.5, 0.6) is 11.5 Å². The van der Waals surface area contributed by atoms with Gasteiger partial charge >= 0.3 is 0 Å². The first-order valence-corrected chi connectivity index (χ1v) is 6.90. The van der Waals surface area contributed by atoms with Crippen LogP contribution in [0.25, 0.3) is 0 Å². The third-order valence-corrected chi connectivity index (χ3v) is 3.54. The molecule has 0 aliphatic carbocycles. The number of rotatable bonds is 5. The molecule has 0 heterocycles. The highest BCUT2D eigenvalue weighted by Crippen LogP contribution is 2.36. The maximum Gasteiger partial charge on any atom is 0.162 e. The van der Waals surface area contributed by atoms with Gasteiger partial charge in [-0.3, -0.25) is 0 Å². The van der Waals surface area contributed by atoms with Crippen LogP contribution in [-0.2, 0) is 6.54 Å². The van der Waals surface area contributed by atoms with Crippen LogP contribution in [0.15, 0.2) is 30.3 Å². The highest BCUT2D eigenvalue weighted by molar-refractivity contribution is 6.33. The van der Waals surface area contributed by atoms with Gasteiger partial charge in [-0.2, -0.15) is 0 Å². The lowest BCUT2D eigenvalue weighted by Crippen LogP contribution is -2.01. The van der Waals surface area contributed by atoms with E-state index in [2.05, 4.69) is 5.32 Å². The maximum atomic E-state index is 13.1. The van der Waals surface area contributed by atoms with Gasteiger partial charge in [0.2, 0.25) is 0 Å². The molecule has 0 radical (unpaired) electrons. The second-order valence-corrected chi connectivity index (χ2v) is 5.10. The van der Waals surface area contributed by atoms with Crippen molar-refractivity contribution in [2.75, 3.05) is 19.5 Å². The minimum atomic E-state index is -0.440. The number of ether oxygens (including phenoxy) is 2. The molecule has 0 unspecified atom stereocenters. The van der Waals surface area contributed by atoms with Crippen LogP contribution in [0, 0.1) is 5.82 Å². The van der Waals surface area contributed by atoms with E-state index >= 15 is 0 Å². The predicted molar refractivity (Wildman–Crippen MR) is 83.3 cm³/mol. The van der Waals surface area contributed by atoms with Crippen molar-refractivity contribution in [2.24, 2.45) is 0 Å². The normalized spacial score (nSPS) is 10.3. The average molecular weight is 330 g/mol. The number of benzene rings is 2. The molecule has 0 aromatic heterocycles. The van der Waals surface area contributed by atoms with Gasteiger partial charge < -0.3 is 14.8 Å². The molecule has 6 heteroatoms. The second-order valence-electron chi connectivity index (χ2n) is 4.29. The van der Waals surface area contributed by atoms with Crippen molar-refractivity contribution in [3.63, 3.8) is 0 Å². The second kappa shape index (κ2) is 6.87. The van der Waals surface area contributed by atoms with E-state index < -0.39 is 5.82 Å². The first-order chi connectivity index (χ1) is 10.0. The number of halogens is 3. The summed E-state index contributed by atoms with van der Waals surface area (Å²) in [5, 5.41) is 3.74. The SMILES string of the molecule is COc1cc(Cl)c(NCc2ccc(F)c(Cl)c2)cc1OC. The fraction of sp³-hybridized carbons (Fsp3) is 0.200. The summed E-state index contributed by atoms with van der Waals surface area (Å²) in [6.45, 7) is 0.454. The van der Waals surface area contributed by atoms with Crippen molar-refractivity contribution in [1.29, 1.82) is 0 Å². The zero-order chi connectivity index (χ0) is 15.4. The number of methoxy groups -OCH3 is 2. The summed E-state index contributed by atoms with van der Waals surface area (Å²) in [5.41, 5.74) is 1.53. The molecular weight excluding hydrogens is 316 g/mol. The lowest BCUT2D eigenvalue weighted by atomic mass is 10.2. The van der Waals surface area contributed by atoms with Gasteiger partial charge in [0.15, 0.2) is 11.5 Å². The van der Waals surface area contributed by atoms with E-state index in [0.29, 0.717) is 28.8 Å². The molecule has 0 saturated carbocycles. The molecule has 0 aliphatic rings. The molecule has 0 saturated heterocycles. The number of anilines is 1. The Morgan fingerprint density at radius 2 is 1.67 bits per heavy atom. The van der Waals surface area contributed by atoms with E-state index in [1.165, 1.54) is 6.07 Å².